The molecule has 8 rings (SSSR count). The van der Waals surface area contributed by atoms with Crippen LogP contribution in [0.2, 0.25) is 0 Å². The predicted molar refractivity (Wildman–Crippen MR) is 218 cm³/mol. The average Bonchev–Trinajstić information content (AvgIpc) is 3.30. The number of fused-ring (bicyclic) bond motifs is 5. The normalized spacial score (nSPS) is 18.9. The average molecular weight is 744 g/mol. The fraction of sp³-hybridized carbons (Fsp3) is 0.444. The zero-order valence-electron chi connectivity index (χ0n) is 31.9. The molecule has 288 valence electrons. The molecule has 55 heavy (non-hydrogen) atoms. The van der Waals surface area contributed by atoms with Gasteiger partial charge in [0.25, 0.3) is 5.91 Å². The lowest BCUT2D eigenvalue weighted by atomic mass is 9.75. The van der Waals surface area contributed by atoms with E-state index in [2.05, 4.69) is 62.3 Å². The van der Waals surface area contributed by atoms with Crippen LogP contribution in [0, 0.1) is 6.92 Å². The zero-order chi connectivity index (χ0) is 37.9. The molecule has 3 aromatic carbocycles. The third-order valence-corrected chi connectivity index (χ3v) is 12.3. The van der Waals surface area contributed by atoms with Crippen molar-refractivity contribution >= 4 is 46.1 Å². The summed E-state index contributed by atoms with van der Waals surface area (Å²) in [6, 6.07) is 20.1. The first-order chi connectivity index (χ1) is 26.8. The predicted octanol–water partition coefficient (Wildman–Crippen LogP) is 7.60. The molecule has 0 bridgehead atoms. The number of aliphatic carboxylic acids is 1. The van der Waals surface area contributed by atoms with E-state index in [-0.39, 0.29) is 11.8 Å². The molecule has 2 amide bonds. The summed E-state index contributed by atoms with van der Waals surface area (Å²) in [5, 5.41) is 16.3. The van der Waals surface area contributed by atoms with Crippen molar-refractivity contribution in [3.05, 3.63) is 89.0 Å². The van der Waals surface area contributed by atoms with E-state index in [1.165, 1.54) is 71.6 Å². The number of aromatic nitrogens is 1. The molecule has 4 aliphatic rings. The van der Waals surface area contributed by atoms with Crippen LogP contribution in [0.4, 0.5) is 11.4 Å². The zero-order valence-corrected chi connectivity index (χ0v) is 31.9. The third kappa shape index (κ3) is 7.80. The van der Waals surface area contributed by atoms with Gasteiger partial charge in [0.2, 0.25) is 5.91 Å². The van der Waals surface area contributed by atoms with E-state index in [1.54, 1.807) is 24.3 Å². The van der Waals surface area contributed by atoms with Crippen molar-refractivity contribution in [2.24, 2.45) is 0 Å². The molecule has 0 atom stereocenters. The molecule has 1 saturated heterocycles. The number of benzene rings is 3. The summed E-state index contributed by atoms with van der Waals surface area (Å²) < 4.78 is 8.23. The van der Waals surface area contributed by atoms with Gasteiger partial charge in [0.15, 0.2) is 0 Å². The Hall–Kier alpha value is -4.93. The lowest BCUT2D eigenvalue weighted by Gasteiger charge is -2.40. The van der Waals surface area contributed by atoms with E-state index >= 15 is 0 Å². The Morgan fingerprint density at radius 1 is 0.873 bits per heavy atom. The molecule has 1 aromatic heterocycles. The maximum atomic E-state index is 14.1. The lowest BCUT2D eigenvalue weighted by molar-refractivity contribution is -0.131. The first-order valence-electron chi connectivity index (χ1n) is 20.3. The summed E-state index contributed by atoms with van der Waals surface area (Å²) in [6.07, 6.45) is 11.7. The summed E-state index contributed by atoms with van der Waals surface area (Å²) in [7, 11) is 0. The van der Waals surface area contributed by atoms with Crippen molar-refractivity contribution in [2.75, 3.05) is 56.2 Å². The maximum absolute atomic E-state index is 14.1. The molecule has 2 aliphatic carbocycles. The van der Waals surface area contributed by atoms with Crippen molar-refractivity contribution in [1.29, 1.82) is 0 Å². The number of hydrogen-bond acceptors (Lipinski definition) is 6. The van der Waals surface area contributed by atoms with Gasteiger partial charge in [-0.3, -0.25) is 14.5 Å². The summed E-state index contributed by atoms with van der Waals surface area (Å²) in [4.78, 5) is 43.9. The second-order valence-electron chi connectivity index (χ2n) is 15.9. The van der Waals surface area contributed by atoms with E-state index in [9.17, 15) is 14.4 Å². The SMILES string of the molecule is Cc1ccc2c(c1)N(CCN1CCCOCC1)CCn1c-2c(C2CCCCC2)c2ccc(C(=O)NC3(C(=O)Nc4ccc(/C=C/C(=O)O)cc4)CCC3)cc21. The number of ether oxygens (including phenoxy) is 1. The number of carboxylic acid groups (broad SMARTS) is 1. The molecule has 3 fully saturated rings. The molecule has 0 spiro atoms. The van der Waals surface area contributed by atoms with Crippen molar-refractivity contribution < 1.29 is 24.2 Å². The van der Waals surface area contributed by atoms with E-state index < -0.39 is 11.5 Å². The Bertz CT molecular complexity index is 2080. The molecule has 10 heteroatoms. The highest BCUT2D eigenvalue weighted by atomic mass is 16.5. The highest BCUT2D eigenvalue weighted by molar-refractivity contribution is 6.06. The Morgan fingerprint density at radius 3 is 2.45 bits per heavy atom. The Labute approximate surface area is 323 Å². The number of rotatable bonds is 10. The molecule has 0 unspecified atom stereocenters. The Morgan fingerprint density at radius 2 is 1.69 bits per heavy atom. The molecule has 4 aromatic rings. The number of aryl methyl sites for hydroxylation is 1. The second-order valence-corrected chi connectivity index (χ2v) is 15.9. The first kappa shape index (κ1) is 37.0. The number of carbonyl (C=O) groups excluding carboxylic acids is 2. The van der Waals surface area contributed by atoms with Gasteiger partial charge in [0.05, 0.1) is 12.3 Å². The minimum Gasteiger partial charge on any atom is -0.478 e. The van der Waals surface area contributed by atoms with Gasteiger partial charge in [0.1, 0.15) is 5.54 Å². The molecule has 2 aliphatic heterocycles. The van der Waals surface area contributed by atoms with Gasteiger partial charge in [-0.15, -0.1) is 0 Å². The van der Waals surface area contributed by atoms with Crippen molar-refractivity contribution in [3.63, 3.8) is 0 Å². The molecular weight excluding hydrogens is 691 g/mol. The molecular formula is C45H53N5O5. The number of anilines is 2. The van der Waals surface area contributed by atoms with E-state index in [0.29, 0.717) is 35.6 Å². The topological polar surface area (TPSA) is 116 Å². The van der Waals surface area contributed by atoms with E-state index in [4.69, 9.17) is 9.84 Å². The summed E-state index contributed by atoms with van der Waals surface area (Å²) in [5.74, 6) is -1.03. The number of nitrogens with one attached hydrogen (secondary N) is 2. The fourth-order valence-corrected chi connectivity index (χ4v) is 9.13. The first-order valence-corrected chi connectivity index (χ1v) is 20.3. The monoisotopic (exact) mass is 743 g/mol. The molecule has 10 nitrogen and oxygen atoms in total. The van der Waals surface area contributed by atoms with Crippen molar-refractivity contribution in [2.45, 2.75) is 82.7 Å². The number of carboxylic acids is 1. The summed E-state index contributed by atoms with van der Waals surface area (Å²) in [5.41, 5.74) is 8.53. The van der Waals surface area contributed by atoms with Crippen LogP contribution in [0.25, 0.3) is 28.2 Å². The molecule has 0 radical (unpaired) electrons. The minimum atomic E-state index is -1.02. The van der Waals surface area contributed by atoms with Gasteiger partial charge in [-0.1, -0.05) is 49.6 Å². The van der Waals surface area contributed by atoms with Gasteiger partial charge in [-0.2, -0.15) is 0 Å². The van der Waals surface area contributed by atoms with Gasteiger partial charge < -0.3 is 29.9 Å². The number of hydrogen-bond donors (Lipinski definition) is 3. The Balaban J connectivity index is 1.09. The van der Waals surface area contributed by atoms with Gasteiger partial charge in [-0.25, -0.2) is 4.79 Å². The largest absolute Gasteiger partial charge is 0.478 e. The van der Waals surface area contributed by atoms with Crippen LogP contribution in [0.5, 0.6) is 0 Å². The van der Waals surface area contributed by atoms with Crippen LogP contribution >= 0.6 is 0 Å². The van der Waals surface area contributed by atoms with Crippen LogP contribution in [-0.4, -0.2) is 83.8 Å². The minimum absolute atomic E-state index is 0.238. The van der Waals surface area contributed by atoms with E-state index in [1.807, 2.05) is 6.07 Å². The summed E-state index contributed by atoms with van der Waals surface area (Å²) >= 11 is 0. The van der Waals surface area contributed by atoms with Crippen molar-refractivity contribution in [1.82, 2.24) is 14.8 Å². The smallest absolute Gasteiger partial charge is 0.328 e. The number of carbonyl (C=O) groups is 3. The van der Waals surface area contributed by atoms with Crippen LogP contribution < -0.4 is 15.5 Å². The van der Waals surface area contributed by atoms with Crippen LogP contribution in [0.3, 0.4) is 0 Å². The lowest BCUT2D eigenvalue weighted by Crippen LogP contribution is -2.61. The van der Waals surface area contributed by atoms with Gasteiger partial charge >= 0.3 is 5.97 Å². The standard InChI is InChI=1S/C45H53N5O5/c1-31-9-16-37-38(29-31)49(23-22-48-21-6-27-55-28-26-48)24-25-50-39-30-34(13-17-36(39)41(42(37)50)33-7-3-2-4-8-33)43(53)47-45(19-5-20-45)44(54)46-35-14-10-32(11-15-35)12-18-40(51)52/h9-18,29-30,33H,2-8,19-28H2,1H3,(H,46,54)(H,47,53)(H,51,52)/b18-12+. The molecule has 2 saturated carbocycles. The number of amides is 2. The fourth-order valence-electron chi connectivity index (χ4n) is 9.13. The highest BCUT2D eigenvalue weighted by Crippen LogP contribution is 2.47. The maximum Gasteiger partial charge on any atom is 0.328 e. The van der Waals surface area contributed by atoms with Crippen molar-refractivity contribution in [3.8, 4) is 11.3 Å². The Kier molecular flexibility index (Phi) is 10.8. The highest BCUT2D eigenvalue weighted by Gasteiger charge is 2.45. The molecule has 3 N–H and O–H groups in total. The summed E-state index contributed by atoms with van der Waals surface area (Å²) in [6.45, 7) is 9.50. The number of nitrogens with zero attached hydrogens (tertiary/aromatic N) is 3. The van der Waals surface area contributed by atoms with Gasteiger partial charge in [0, 0.05) is 85.4 Å². The molecule has 3 heterocycles. The third-order valence-electron chi connectivity index (χ3n) is 12.3. The quantitative estimate of drug-likeness (QED) is 0.143. The van der Waals surface area contributed by atoms with Gasteiger partial charge in [-0.05, 0) is 104 Å². The van der Waals surface area contributed by atoms with Crippen LogP contribution in [-0.2, 0) is 20.9 Å². The van der Waals surface area contributed by atoms with E-state index in [0.717, 1.165) is 76.9 Å². The van der Waals surface area contributed by atoms with Crippen LogP contribution in [0.15, 0.2) is 66.7 Å². The van der Waals surface area contributed by atoms with Crippen LogP contribution in [0.1, 0.15) is 90.8 Å². The second kappa shape index (κ2) is 16.0.